The van der Waals surface area contributed by atoms with Gasteiger partial charge in [-0.05, 0) is 43.4 Å². The number of rotatable bonds is 7. The van der Waals surface area contributed by atoms with E-state index in [2.05, 4.69) is 10.3 Å². The average Bonchev–Trinajstić information content (AvgIpc) is 2.73. The van der Waals surface area contributed by atoms with Crippen molar-refractivity contribution in [2.75, 3.05) is 24.7 Å². The number of anilines is 1. The second kappa shape index (κ2) is 8.86. The molecule has 0 amide bonds. The number of nitrogens with zero attached hydrogens (tertiary/aromatic N) is 2. The van der Waals surface area contributed by atoms with E-state index in [9.17, 15) is 18.4 Å². The summed E-state index contributed by atoms with van der Waals surface area (Å²) in [5, 5.41) is 4.31. The fourth-order valence-corrected chi connectivity index (χ4v) is 5.10. The molecule has 0 radical (unpaired) electrons. The van der Waals surface area contributed by atoms with E-state index in [4.69, 9.17) is 16.3 Å². The van der Waals surface area contributed by atoms with Gasteiger partial charge in [0.2, 0.25) is 5.92 Å². The van der Waals surface area contributed by atoms with Gasteiger partial charge in [-0.3, -0.25) is 9.59 Å². The van der Waals surface area contributed by atoms with Crippen molar-refractivity contribution >= 4 is 57.1 Å². The van der Waals surface area contributed by atoms with Gasteiger partial charge in [0.25, 0.3) is 0 Å². The van der Waals surface area contributed by atoms with Gasteiger partial charge < -0.3 is 14.6 Å². The molecule has 2 aromatic heterocycles. The van der Waals surface area contributed by atoms with E-state index in [-0.39, 0.29) is 37.3 Å². The molecule has 32 heavy (non-hydrogen) atoms. The summed E-state index contributed by atoms with van der Waals surface area (Å²) in [6.45, 7) is 2.14. The third-order valence-electron chi connectivity index (χ3n) is 5.52. The van der Waals surface area contributed by atoms with Gasteiger partial charge in [-0.2, -0.15) is 0 Å². The minimum Gasteiger partial charge on any atom is -0.465 e. The number of esters is 1. The first kappa shape index (κ1) is 22.8. The Morgan fingerprint density at radius 1 is 1.31 bits per heavy atom. The molecule has 4 rings (SSSR count). The summed E-state index contributed by atoms with van der Waals surface area (Å²) in [6, 6.07) is 6.59. The second-order valence-corrected chi connectivity index (χ2v) is 9.00. The highest BCUT2D eigenvalue weighted by molar-refractivity contribution is 7.99. The zero-order chi connectivity index (χ0) is 23.0. The van der Waals surface area contributed by atoms with E-state index in [0.717, 1.165) is 0 Å². The summed E-state index contributed by atoms with van der Waals surface area (Å²) in [6.07, 6.45) is 1.53. The third kappa shape index (κ3) is 4.28. The molecule has 0 atom stereocenters. The number of alkyl halides is 2. The number of thioether (sulfide) groups is 1. The quantitative estimate of drug-likeness (QED) is 0.292. The number of carbonyl (C=O) groups excluding carboxylic acids is 1. The number of benzene rings is 1. The Morgan fingerprint density at radius 2 is 2.03 bits per heavy atom. The van der Waals surface area contributed by atoms with Crippen molar-refractivity contribution in [1.29, 1.82) is 0 Å². The Balaban J connectivity index is 1.84. The maximum Gasteiger partial charge on any atom is 0.326 e. The van der Waals surface area contributed by atoms with Crippen LogP contribution in [0.4, 0.5) is 14.6 Å². The van der Waals surface area contributed by atoms with Crippen LogP contribution in [0.3, 0.4) is 0 Å². The van der Waals surface area contributed by atoms with Gasteiger partial charge in [0.05, 0.1) is 27.4 Å². The predicted molar refractivity (Wildman–Crippen MR) is 123 cm³/mol. The summed E-state index contributed by atoms with van der Waals surface area (Å²) < 4.78 is 33.0. The highest BCUT2D eigenvalue weighted by Crippen LogP contribution is 2.42. The van der Waals surface area contributed by atoms with Crippen LogP contribution < -0.4 is 10.7 Å². The lowest BCUT2D eigenvalue weighted by Gasteiger charge is -2.35. The first-order valence-corrected chi connectivity index (χ1v) is 11.8. The van der Waals surface area contributed by atoms with Crippen LogP contribution in [0.25, 0.3) is 21.9 Å². The van der Waals surface area contributed by atoms with Gasteiger partial charge >= 0.3 is 5.97 Å². The lowest BCUT2D eigenvalue weighted by atomic mass is 9.81. The van der Waals surface area contributed by atoms with E-state index in [1.54, 1.807) is 35.8 Å². The number of hydrogen-bond acceptors (Lipinski definition) is 6. The normalized spacial score (nSPS) is 15.7. The fraction of sp³-hybridized carbons (Fsp3) is 0.409. The second-order valence-electron chi connectivity index (χ2n) is 7.78. The number of aromatic nitrogens is 2. The SMILES string of the molecule is CCOC(=O)Cn1c2nc(NCC3CC(F)(F)C3)ccc2c(=O)c2ccc(Cl)c(SC)c21. The van der Waals surface area contributed by atoms with Gasteiger partial charge in [0.15, 0.2) is 5.43 Å². The van der Waals surface area contributed by atoms with E-state index in [1.807, 2.05) is 6.26 Å². The van der Waals surface area contributed by atoms with E-state index >= 15 is 0 Å². The number of hydrogen-bond donors (Lipinski definition) is 1. The van der Waals surface area contributed by atoms with Crippen molar-refractivity contribution < 1.29 is 18.3 Å². The topological polar surface area (TPSA) is 73.2 Å². The van der Waals surface area contributed by atoms with Crippen LogP contribution in [0.5, 0.6) is 0 Å². The molecular weight excluding hydrogens is 460 g/mol. The Kier molecular flexibility index (Phi) is 6.31. The van der Waals surface area contributed by atoms with Crippen LogP contribution in [-0.4, -0.2) is 40.9 Å². The number of halogens is 3. The number of fused-ring (bicyclic) bond motifs is 2. The standard InChI is InChI=1S/C22H22ClF2N3O3S/c1-3-31-17(29)11-28-18-13(4-6-15(23)20(18)32-2)19(30)14-5-7-16(27-21(14)28)26-10-12-8-22(24,25)9-12/h4-7,12H,3,8-11H2,1-2H3,(H,26,27). The van der Waals surface area contributed by atoms with Crippen LogP contribution >= 0.6 is 23.4 Å². The van der Waals surface area contributed by atoms with Crippen LogP contribution in [-0.2, 0) is 16.1 Å². The Hall–Kier alpha value is -2.39. The van der Waals surface area contributed by atoms with Crippen LogP contribution in [0.2, 0.25) is 5.02 Å². The van der Waals surface area contributed by atoms with Crippen LogP contribution in [0.15, 0.2) is 34.0 Å². The van der Waals surface area contributed by atoms with Crippen LogP contribution in [0.1, 0.15) is 19.8 Å². The molecular formula is C22H22ClF2N3O3S. The van der Waals surface area contributed by atoms with Gasteiger partial charge in [0.1, 0.15) is 18.0 Å². The highest BCUT2D eigenvalue weighted by atomic mass is 35.5. The van der Waals surface area contributed by atoms with Gasteiger partial charge in [0, 0.05) is 24.8 Å². The summed E-state index contributed by atoms with van der Waals surface area (Å²) in [5.74, 6) is -2.75. The van der Waals surface area contributed by atoms with Crippen molar-refractivity contribution in [1.82, 2.24) is 9.55 Å². The maximum atomic E-state index is 13.2. The molecule has 0 saturated heterocycles. The largest absolute Gasteiger partial charge is 0.465 e. The van der Waals surface area contributed by atoms with Gasteiger partial charge in [-0.25, -0.2) is 13.8 Å². The molecule has 1 fully saturated rings. The molecule has 2 heterocycles. The van der Waals surface area contributed by atoms with E-state index in [1.165, 1.54) is 11.8 Å². The molecule has 1 saturated carbocycles. The Labute approximate surface area is 192 Å². The minimum absolute atomic E-state index is 0.136. The predicted octanol–water partition coefficient (Wildman–Crippen LogP) is 4.95. The Bertz CT molecular complexity index is 1260. The highest BCUT2D eigenvalue weighted by Gasteiger charge is 2.44. The summed E-state index contributed by atoms with van der Waals surface area (Å²) in [4.78, 5) is 30.8. The zero-order valence-corrected chi connectivity index (χ0v) is 19.2. The molecule has 1 aliphatic carbocycles. The molecule has 1 N–H and O–H groups in total. The fourth-order valence-electron chi connectivity index (χ4n) is 4.04. The minimum atomic E-state index is -2.59. The van der Waals surface area contributed by atoms with Crippen molar-refractivity contribution in [2.45, 2.75) is 37.1 Å². The van der Waals surface area contributed by atoms with Crippen LogP contribution in [0, 0.1) is 5.92 Å². The molecule has 0 bridgehead atoms. The maximum absolute atomic E-state index is 13.2. The van der Waals surface area contributed by atoms with E-state index in [0.29, 0.717) is 44.2 Å². The Morgan fingerprint density at radius 3 is 2.69 bits per heavy atom. The molecule has 170 valence electrons. The van der Waals surface area contributed by atoms with E-state index < -0.39 is 11.9 Å². The molecule has 1 aliphatic rings. The molecule has 10 heteroatoms. The number of nitrogens with one attached hydrogen (secondary N) is 1. The average molecular weight is 482 g/mol. The van der Waals surface area contributed by atoms with Crippen molar-refractivity contribution in [2.24, 2.45) is 5.92 Å². The van der Waals surface area contributed by atoms with Crippen molar-refractivity contribution in [3.05, 3.63) is 39.5 Å². The van der Waals surface area contributed by atoms with Gasteiger partial charge in [-0.1, -0.05) is 11.6 Å². The lowest BCUT2D eigenvalue weighted by molar-refractivity contribution is -0.143. The van der Waals surface area contributed by atoms with Gasteiger partial charge in [-0.15, -0.1) is 11.8 Å². The van der Waals surface area contributed by atoms with Crippen molar-refractivity contribution in [3.8, 4) is 0 Å². The molecule has 3 aromatic rings. The molecule has 6 nitrogen and oxygen atoms in total. The zero-order valence-electron chi connectivity index (χ0n) is 17.6. The number of ether oxygens (including phenoxy) is 1. The molecule has 0 spiro atoms. The molecule has 0 aliphatic heterocycles. The first-order valence-electron chi connectivity index (χ1n) is 10.2. The summed E-state index contributed by atoms with van der Waals surface area (Å²) >= 11 is 7.76. The molecule has 0 unspecified atom stereocenters. The number of pyridine rings is 2. The smallest absolute Gasteiger partial charge is 0.326 e. The van der Waals surface area contributed by atoms with Crippen molar-refractivity contribution in [3.63, 3.8) is 0 Å². The monoisotopic (exact) mass is 481 g/mol. The first-order chi connectivity index (χ1) is 15.2. The number of carbonyl (C=O) groups is 1. The lowest BCUT2D eigenvalue weighted by Crippen LogP contribution is -2.39. The summed E-state index contributed by atoms with van der Waals surface area (Å²) in [7, 11) is 0. The third-order valence-corrected chi connectivity index (χ3v) is 6.77. The molecule has 1 aromatic carbocycles. The summed E-state index contributed by atoms with van der Waals surface area (Å²) in [5.41, 5.74) is 0.593.